The van der Waals surface area contributed by atoms with E-state index in [4.69, 9.17) is 14.9 Å². The van der Waals surface area contributed by atoms with Gasteiger partial charge in [-0.2, -0.15) is 0 Å². The standard InChI is InChI=1S/C12H14N2O7/c1-21-10-7(3-2-4-9(10)14(19)20)11(16)13-8(5-6-15)12(17)18/h2-4,8,15H,5-6H2,1H3,(H,13,16)(H,17,18)/t8-/m1/s1. The number of rotatable bonds is 7. The minimum atomic E-state index is -1.32. The Labute approximate surface area is 119 Å². The number of nitrogens with one attached hydrogen (secondary N) is 1. The molecule has 0 spiro atoms. The van der Waals surface area contributed by atoms with Crippen LogP contribution in [0.25, 0.3) is 0 Å². The molecule has 1 amide bonds. The van der Waals surface area contributed by atoms with Gasteiger partial charge in [0.2, 0.25) is 5.75 Å². The fourth-order valence-corrected chi connectivity index (χ4v) is 1.68. The molecule has 1 rings (SSSR count). The summed E-state index contributed by atoms with van der Waals surface area (Å²) in [7, 11) is 1.17. The molecule has 0 aliphatic heterocycles. The summed E-state index contributed by atoms with van der Waals surface area (Å²) in [5.74, 6) is -2.41. The maximum atomic E-state index is 12.0. The summed E-state index contributed by atoms with van der Waals surface area (Å²) in [5.41, 5.74) is -0.560. The number of nitro benzene ring substituents is 1. The number of para-hydroxylation sites is 1. The second-order valence-corrected chi connectivity index (χ2v) is 3.99. The van der Waals surface area contributed by atoms with Crippen molar-refractivity contribution in [1.29, 1.82) is 0 Å². The second-order valence-electron chi connectivity index (χ2n) is 3.99. The van der Waals surface area contributed by atoms with Gasteiger partial charge < -0.3 is 20.3 Å². The van der Waals surface area contributed by atoms with Crippen molar-refractivity contribution < 1.29 is 29.5 Å². The first-order valence-electron chi connectivity index (χ1n) is 5.88. The number of aliphatic hydroxyl groups excluding tert-OH is 1. The SMILES string of the molecule is COc1c(C(=O)N[C@H](CCO)C(=O)O)cccc1[N+](=O)[O-]. The Hall–Kier alpha value is -2.68. The van der Waals surface area contributed by atoms with E-state index in [0.717, 1.165) is 6.07 Å². The topological polar surface area (TPSA) is 139 Å². The molecule has 1 aromatic rings. The molecule has 21 heavy (non-hydrogen) atoms. The number of nitrogens with zero attached hydrogens (tertiary/aromatic N) is 1. The highest BCUT2D eigenvalue weighted by Crippen LogP contribution is 2.30. The van der Waals surface area contributed by atoms with Crippen molar-refractivity contribution in [2.75, 3.05) is 13.7 Å². The van der Waals surface area contributed by atoms with Gasteiger partial charge in [0.1, 0.15) is 6.04 Å². The van der Waals surface area contributed by atoms with Crippen LogP contribution < -0.4 is 10.1 Å². The summed E-state index contributed by atoms with van der Waals surface area (Å²) in [6, 6.07) is 2.43. The molecular weight excluding hydrogens is 284 g/mol. The lowest BCUT2D eigenvalue weighted by Crippen LogP contribution is -2.41. The molecule has 9 heteroatoms. The molecule has 3 N–H and O–H groups in total. The van der Waals surface area contributed by atoms with Crippen LogP contribution in [-0.2, 0) is 4.79 Å². The zero-order valence-electron chi connectivity index (χ0n) is 11.1. The number of hydrogen-bond donors (Lipinski definition) is 3. The minimum Gasteiger partial charge on any atom is -0.490 e. The number of ether oxygens (including phenoxy) is 1. The highest BCUT2D eigenvalue weighted by Gasteiger charge is 2.26. The van der Waals surface area contributed by atoms with E-state index >= 15 is 0 Å². The monoisotopic (exact) mass is 298 g/mol. The zero-order valence-corrected chi connectivity index (χ0v) is 11.1. The van der Waals surface area contributed by atoms with Gasteiger partial charge in [0, 0.05) is 19.1 Å². The molecule has 0 aliphatic carbocycles. The lowest BCUT2D eigenvalue weighted by Gasteiger charge is -2.14. The second kappa shape index (κ2) is 7.20. The van der Waals surface area contributed by atoms with E-state index in [-0.39, 0.29) is 17.7 Å². The molecule has 1 atom stereocenters. The number of amides is 1. The van der Waals surface area contributed by atoms with Gasteiger partial charge in [0.25, 0.3) is 5.91 Å². The van der Waals surface area contributed by atoms with Crippen LogP contribution in [0.1, 0.15) is 16.8 Å². The molecule has 0 fully saturated rings. The van der Waals surface area contributed by atoms with Crippen molar-refractivity contribution in [2.24, 2.45) is 0 Å². The van der Waals surface area contributed by atoms with Gasteiger partial charge in [-0.25, -0.2) is 4.79 Å². The van der Waals surface area contributed by atoms with Crippen LogP contribution in [-0.4, -0.2) is 46.8 Å². The molecule has 0 bridgehead atoms. The maximum Gasteiger partial charge on any atom is 0.326 e. The molecule has 114 valence electrons. The third-order valence-corrected chi connectivity index (χ3v) is 2.66. The maximum absolute atomic E-state index is 12.0. The van der Waals surface area contributed by atoms with Crippen LogP contribution >= 0.6 is 0 Å². The fraction of sp³-hybridized carbons (Fsp3) is 0.333. The Morgan fingerprint density at radius 3 is 2.62 bits per heavy atom. The Bertz CT molecular complexity index is 559. The molecular formula is C12H14N2O7. The van der Waals surface area contributed by atoms with Crippen LogP contribution in [0.4, 0.5) is 5.69 Å². The number of aliphatic carboxylic acids is 1. The zero-order chi connectivity index (χ0) is 16.0. The van der Waals surface area contributed by atoms with E-state index < -0.39 is 35.1 Å². The summed E-state index contributed by atoms with van der Waals surface area (Å²) >= 11 is 0. The predicted octanol–water partition coefficient (Wildman–Crippen LogP) is 0.169. The quantitative estimate of drug-likeness (QED) is 0.481. The number of benzene rings is 1. The van der Waals surface area contributed by atoms with E-state index in [1.807, 2.05) is 0 Å². The highest BCUT2D eigenvalue weighted by atomic mass is 16.6. The Morgan fingerprint density at radius 2 is 2.14 bits per heavy atom. The summed E-state index contributed by atoms with van der Waals surface area (Å²) in [4.78, 5) is 33.1. The number of methoxy groups -OCH3 is 1. The molecule has 0 aliphatic rings. The normalized spacial score (nSPS) is 11.5. The molecule has 1 aromatic carbocycles. The first-order chi connectivity index (χ1) is 9.92. The van der Waals surface area contributed by atoms with Crippen molar-refractivity contribution in [1.82, 2.24) is 5.32 Å². The smallest absolute Gasteiger partial charge is 0.326 e. The molecule has 0 radical (unpaired) electrons. The van der Waals surface area contributed by atoms with Crippen molar-refractivity contribution in [3.8, 4) is 5.75 Å². The lowest BCUT2D eigenvalue weighted by atomic mass is 10.1. The fourth-order valence-electron chi connectivity index (χ4n) is 1.68. The van der Waals surface area contributed by atoms with Crippen molar-refractivity contribution in [2.45, 2.75) is 12.5 Å². The van der Waals surface area contributed by atoms with Crippen LogP contribution in [0.3, 0.4) is 0 Å². The number of aliphatic hydroxyl groups is 1. The molecule has 0 heterocycles. The Morgan fingerprint density at radius 1 is 1.48 bits per heavy atom. The summed E-state index contributed by atoms with van der Waals surface area (Å²) in [6.07, 6.45) is -0.182. The van der Waals surface area contributed by atoms with Crippen LogP contribution in [0.15, 0.2) is 18.2 Å². The van der Waals surface area contributed by atoms with Gasteiger partial charge in [-0.3, -0.25) is 14.9 Å². The number of carbonyl (C=O) groups is 2. The van der Waals surface area contributed by atoms with E-state index in [2.05, 4.69) is 5.32 Å². The first kappa shape index (κ1) is 16.4. The summed E-state index contributed by atoms with van der Waals surface area (Å²) in [5, 5.41) is 30.7. The van der Waals surface area contributed by atoms with Crippen LogP contribution in [0.5, 0.6) is 5.75 Å². The van der Waals surface area contributed by atoms with E-state index in [9.17, 15) is 19.7 Å². The highest BCUT2D eigenvalue weighted by molar-refractivity contribution is 6.00. The van der Waals surface area contributed by atoms with E-state index in [0.29, 0.717) is 0 Å². The molecule has 0 aromatic heterocycles. The van der Waals surface area contributed by atoms with E-state index in [1.54, 1.807) is 0 Å². The summed E-state index contributed by atoms with van der Waals surface area (Å²) in [6.45, 7) is -0.427. The van der Waals surface area contributed by atoms with Gasteiger partial charge in [-0.15, -0.1) is 0 Å². The molecule has 9 nitrogen and oxygen atoms in total. The van der Waals surface area contributed by atoms with Gasteiger partial charge >= 0.3 is 11.7 Å². The number of hydrogen-bond acceptors (Lipinski definition) is 6. The van der Waals surface area contributed by atoms with E-state index in [1.165, 1.54) is 19.2 Å². The van der Waals surface area contributed by atoms with Crippen molar-refractivity contribution >= 4 is 17.6 Å². The van der Waals surface area contributed by atoms with Gasteiger partial charge in [-0.05, 0) is 6.07 Å². The molecule has 0 saturated carbocycles. The molecule has 0 unspecified atom stereocenters. The Balaban J connectivity index is 3.09. The number of carbonyl (C=O) groups excluding carboxylic acids is 1. The third kappa shape index (κ3) is 3.89. The number of carboxylic acid groups (broad SMARTS) is 1. The minimum absolute atomic E-state index is 0.157. The first-order valence-corrected chi connectivity index (χ1v) is 5.88. The third-order valence-electron chi connectivity index (χ3n) is 2.66. The van der Waals surface area contributed by atoms with Crippen molar-refractivity contribution in [3.63, 3.8) is 0 Å². The summed E-state index contributed by atoms with van der Waals surface area (Å²) < 4.78 is 4.86. The van der Waals surface area contributed by atoms with Crippen LogP contribution in [0.2, 0.25) is 0 Å². The van der Waals surface area contributed by atoms with Crippen LogP contribution in [0, 0.1) is 10.1 Å². The van der Waals surface area contributed by atoms with Gasteiger partial charge in [0.15, 0.2) is 0 Å². The Kier molecular flexibility index (Phi) is 5.61. The average molecular weight is 298 g/mol. The largest absolute Gasteiger partial charge is 0.490 e. The van der Waals surface area contributed by atoms with Crippen molar-refractivity contribution in [3.05, 3.63) is 33.9 Å². The predicted molar refractivity (Wildman–Crippen MR) is 70.2 cm³/mol. The number of carboxylic acids is 1. The van der Waals surface area contributed by atoms with Gasteiger partial charge in [0.05, 0.1) is 17.6 Å². The average Bonchev–Trinajstić information content (AvgIpc) is 2.45. The van der Waals surface area contributed by atoms with Gasteiger partial charge in [-0.1, -0.05) is 6.07 Å². The number of nitro groups is 1. The molecule has 0 saturated heterocycles. The lowest BCUT2D eigenvalue weighted by molar-refractivity contribution is -0.385.